The Morgan fingerprint density at radius 1 is 1.00 bits per heavy atom. The third-order valence-electron chi connectivity index (χ3n) is 3.42. The standard InChI is InChI=1S/C15H22F6N2O4/c1-3-4-9-27-11(24)10(22-12(25)14(16,17)18)7-5-6-8-23(2)13(26)15(19,20)21/h10H,3-9H2,1-2H3,(H,22,25). The van der Waals surface area contributed by atoms with Gasteiger partial charge in [-0.3, -0.25) is 9.59 Å². The number of hydrogen-bond acceptors (Lipinski definition) is 4. The number of amides is 2. The van der Waals surface area contributed by atoms with Crippen LogP contribution >= 0.6 is 0 Å². The second kappa shape index (κ2) is 11.0. The van der Waals surface area contributed by atoms with Gasteiger partial charge in [0.1, 0.15) is 6.04 Å². The minimum atomic E-state index is -5.19. The number of rotatable bonds is 10. The molecule has 158 valence electrons. The Balaban J connectivity index is 4.65. The van der Waals surface area contributed by atoms with E-state index in [9.17, 15) is 40.7 Å². The summed E-state index contributed by atoms with van der Waals surface area (Å²) in [7, 11) is 0.928. The van der Waals surface area contributed by atoms with Crippen molar-refractivity contribution in [3.63, 3.8) is 0 Å². The fraction of sp³-hybridized carbons (Fsp3) is 0.800. The van der Waals surface area contributed by atoms with Crippen LogP contribution < -0.4 is 5.32 Å². The maximum atomic E-state index is 12.4. The third kappa shape index (κ3) is 10.0. The first kappa shape index (κ1) is 25.0. The highest BCUT2D eigenvalue weighted by Crippen LogP contribution is 2.18. The molecule has 1 atom stereocenters. The van der Waals surface area contributed by atoms with Crippen LogP contribution in [0.1, 0.15) is 39.0 Å². The molecular weight excluding hydrogens is 386 g/mol. The zero-order valence-electron chi connectivity index (χ0n) is 14.9. The van der Waals surface area contributed by atoms with Crippen molar-refractivity contribution in [2.75, 3.05) is 20.2 Å². The van der Waals surface area contributed by atoms with E-state index in [1.165, 1.54) is 5.32 Å². The first-order chi connectivity index (χ1) is 12.3. The number of carbonyl (C=O) groups is 3. The van der Waals surface area contributed by atoms with Gasteiger partial charge >= 0.3 is 30.1 Å². The van der Waals surface area contributed by atoms with Gasteiger partial charge in [-0.05, 0) is 25.7 Å². The zero-order chi connectivity index (χ0) is 21.3. The number of hydrogen-bond donors (Lipinski definition) is 1. The summed E-state index contributed by atoms with van der Waals surface area (Å²) in [5.41, 5.74) is 0. The van der Waals surface area contributed by atoms with Gasteiger partial charge in [-0.2, -0.15) is 26.3 Å². The Morgan fingerprint density at radius 3 is 2.07 bits per heavy atom. The molecule has 27 heavy (non-hydrogen) atoms. The molecule has 0 aromatic rings. The Bertz CT molecular complexity index is 508. The molecule has 2 amide bonds. The third-order valence-corrected chi connectivity index (χ3v) is 3.42. The van der Waals surface area contributed by atoms with Crippen molar-refractivity contribution in [3.05, 3.63) is 0 Å². The van der Waals surface area contributed by atoms with Crippen molar-refractivity contribution in [2.45, 2.75) is 57.4 Å². The van der Waals surface area contributed by atoms with Crippen LogP contribution in [0.15, 0.2) is 0 Å². The van der Waals surface area contributed by atoms with Crippen LogP contribution in [0.25, 0.3) is 0 Å². The Kier molecular flexibility index (Phi) is 10.2. The number of esters is 1. The molecule has 0 fully saturated rings. The highest BCUT2D eigenvalue weighted by atomic mass is 19.4. The number of nitrogens with one attached hydrogen (secondary N) is 1. The Morgan fingerprint density at radius 2 is 1.59 bits per heavy atom. The molecule has 0 aliphatic carbocycles. The average molecular weight is 408 g/mol. The first-order valence-electron chi connectivity index (χ1n) is 8.17. The number of halogens is 6. The van der Waals surface area contributed by atoms with E-state index in [-0.39, 0.29) is 32.4 Å². The molecule has 1 N–H and O–H groups in total. The van der Waals surface area contributed by atoms with E-state index in [1.54, 1.807) is 6.92 Å². The number of ether oxygens (including phenoxy) is 1. The summed E-state index contributed by atoms with van der Waals surface area (Å²) in [6.45, 7) is 1.45. The van der Waals surface area contributed by atoms with Crippen LogP contribution in [0.4, 0.5) is 26.3 Å². The number of carbonyl (C=O) groups excluding carboxylic acids is 3. The van der Waals surface area contributed by atoms with Crippen molar-refractivity contribution in [1.29, 1.82) is 0 Å². The molecule has 0 heterocycles. The molecule has 0 aliphatic heterocycles. The average Bonchev–Trinajstić information content (AvgIpc) is 2.54. The lowest BCUT2D eigenvalue weighted by Crippen LogP contribution is -2.47. The monoisotopic (exact) mass is 408 g/mol. The molecule has 0 spiro atoms. The molecule has 0 aromatic carbocycles. The van der Waals surface area contributed by atoms with Crippen molar-refractivity contribution in [1.82, 2.24) is 10.2 Å². The van der Waals surface area contributed by atoms with Crippen LogP contribution in [0, 0.1) is 0 Å². The fourth-order valence-corrected chi connectivity index (χ4v) is 1.92. The van der Waals surface area contributed by atoms with Gasteiger partial charge in [0.05, 0.1) is 6.61 Å². The normalized spacial score (nSPS) is 13.0. The lowest BCUT2D eigenvalue weighted by atomic mass is 10.1. The van der Waals surface area contributed by atoms with Crippen molar-refractivity contribution in [2.24, 2.45) is 0 Å². The van der Waals surface area contributed by atoms with Gasteiger partial charge in [0.2, 0.25) is 0 Å². The highest BCUT2D eigenvalue weighted by molar-refractivity contribution is 5.87. The smallest absolute Gasteiger partial charge is 0.464 e. The van der Waals surface area contributed by atoms with Crippen LogP contribution in [-0.4, -0.2) is 61.3 Å². The van der Waals surface area contributed by atoms with Gasteiger partial charge < -0.3 is 15.0 Å². The summed E-state index contributed by atoms with van der Waals surface area (Å²) < 4.78 is 78.6. The summed E-state index contributed by atoms with van der Waals surface area (Å²) in [4.78, 5) is 34.2. The molecule has 0 bridgehead atoms. The number of alkyl halides is 6. The van der Waals surface area contributed by atoms with Gasteiger partial charge in [-0.15, -0.1) is 0 Å². The van der Waals surface area contributed by atoms with Crippen molar-refractivity contribution in [3.8, 4) is 0 Å². The molecule has 0 radical (unpaired) electrons. The largest absolute Gasteiger partial charge is 0.471 e. The van der Waals surface area contributed by atoms with Gasteiger partial charge in [-0.25, -0.2) is 4.79 Å². The molecular formula is C15H22F6N2O4. The van der Waals surface area contributed by atoms with Gasteiger partial charge in [0.15, 0.2) is 0 Å². The predicted octanol–water partition coefficient (Wildman–Crippen LogP) is 2.57. The topological polar surface area (TPSA) is 75.7 Å². The molecule has 0 saturated carbocycles. The second-order valence-corrected chi connectivity index (χ2v) is 5.77. The Labute approximate surface area is 152 Å². The summed E-state index contributed by atoms with van der Waals surface area (Å²) in [5.74, 6) is -5.42. The minimum Gasteiger partial charge on any atom is -0.464 e. The van der Waals surface area contributed by atoms with E-state index < -0.39 is 36.2 Å². The molecule has 0 aromatic heterocycles. The van der Waals surface area contributed by atoms with Crippen LogP contribution in [0.3, 0.4) is 0 Å². The van der Waals surface area contributed by atoms with E-state index in [4.69, 9.17) is 4.74 Å². The van der Waals surface area contributed by atoms with Gasteiger partial charge in [0, 0.05) is 13.6 Å². The predicted molar refractivity (Wildman–Crippen MR) is 81.4 cm³/mol. The SMILES string of the molecule is CCCCOC(=O)C(CCCCN(C)C(=O)C(F)(F)F)NC(=O)C(F)(F)F. The maximum Gasteiger partial charge on any atom is 0.471 e. The molecule has 0 saturated heterocycles. The van der Waals surface area contributed by atoms with Crippen LogP contribution in [0.5, 0.6) is 0 Å². The van der Waals surface area contributed by atoms with E-state index in [1.807, 2.05) is 0 Å². The van der Waals surface area contributed by atoms with E-state index in [0.29, 0.717) is 17.7 Å². The van der Waals surface area contributed by atoms with Gasteiger partial charge in [-0.1, -0.05) is 13.3 Å². The van der Waals surface area contributed by atoms with E-state index >= 15 is 0 Å². The number of unbranched alkanes of at least 4 members (excludes halogenated alkanes) is 2. The van der Waals surface area contributed by atoms with Gasteiger partial charge in [0.25, 0.3) is 0 Å². The Hall–Kier alpha value is -2.01. The van der Waals surface area contributed by atoms with Crippen LogP contribution in [-0.2, 0) is 19.1 Å². The molecule has 1 unspecified atom stereocenters. The fourth-order valence-electron chi connectivity index (χ4n) is 1.92. The van der Waals surface area contributed by atoms with E-state index in [0.717, 1.165) is 7.05 Å². The van der Waals surface area contributed by atoms with Crippen molar-refractivity contribution >= 4 is 17.8 Å². The molecule has 0 rings (SSSR count). The maximum absolute atomic E-state index is 12.4. The summed E-state index contributed by atoms with van der Waals surface area (Å²) in [5, 5.41) is 1.52. The lowest BCUT2D eigenvalue weighted by Gasteiger charge is -2.20. The van der Waals surface area contributed by atoms with E-state index in [2.05, 4.69) is 0 Å². The van der Waals surface area contributed by atoms with Crippen LogP contribution in [0.2, 0.25) is 0 Å². The zero-order valence-corrected chi connectivity index (χ0v) is 14.9. The second-order valence-electron chi connectivity index (χ2n) is 5.77. The molecule has 12 heteroatoms. The highest BCUT2D eigenvalue weighted by Gasteiger charge is 2.42. The lowest BCUT2D eigenvalue weighted by molar-refractivity contribution is -0.184. The summed E-state index contributed by atoms with van der Waals surface area (Å²) in [6.07, 6.45) is -9.37. The summed E-state index contributed by atoms with van der Waals surface area (Å²) in [6, 6.07) is -1.58. The molecule has 6 nitrogen and oxygen atoms in total. The quantitative estimate of drug-likeness (QED) is 0.343. The minimum absolute atomic E-state index is 0.0127. The first-order valence-corrected chi connectivity index (χ1v) is 8.17. The summed E-state index contributed by atoms with van der Waals surface area (Å²) >= 11 is 0. The number of nitrogens with zero attached hydrogens (tertiary/aromatic N) is 1. The molecule has 0 aliphatic rings. The van der Waals surface area contributed by atoms with Crippen molar-refractivity contribution < 1.29 is 45.5 Å².